The topological polar surface area (TPSA) is 49.3 Å². The van der Waals surface area contributed by atoms with Crippen LogP contribution < -0.4 is 5.32 Å². The molecule has 0 aromatic heterocycles. The maximum absolute atomic E-state index is 5.86. The number of aliphatic imine (C=N–C) groups is 1. The Kier molecular flexibility index (Phi) is 10.2. The summed E-state index contributed by atoms with van der Waals surface area (Å²) in [6, 6.07) is 10.5. The van der Waals surface area contributed by atoms with Gasteiger partial charge in [-0.3, -0.25) is 9.89 Å². The van der Waals surface area contributed by atoms with Crippen molar-refractivity contribution in [3.05, 3.63) is 42.0 Å². The minimum Gasteiger partial charge on any atom is -0.381 e. The molecule has 3 rings (SSSR count). The van der Waals surface area contributed by atoms with E-state index in [0.29, 0.717) is 5.92 Å². The van der Waals surface area contributed by atoms with Crippen LogP contribution in [-0.2, 0) is 9.47 Å². The SMILES string of the molecule is CN=C(NCCCOCC1CCOCC1)N1CCN(C/C=C/c2ccccc2)CC1. The van der Waals surface area contributed by atoms with Gasteiger partial charge in [-0.2, -0.15) is 0 Å². The van der Waals surface area contributed by atoms with E-state index < -0.39 is 0 Å². The predicted molar refractivity (Wildman–Crippen MR) is 124 cm³/mol. The Bertz CT molecular complexity index is 636. The van der Waals surface area contributed by atoms with E-state index in [4.69, 9.17) is 9.47 Å². The molecule has 0 bridgehead atoms. The maximum Gasteiger partial charge on any atom is 0.193 e. The minimum atomic E-state index is 0.679. The largest absolute Gasteiger partial charge is 0.381 e. The molecule has 0 spiro atoms. The smallest absolute Gasteiger partial charge is 0.193 e. The van der Waals surface area contributed by atoms with Crippen LogP contribution in [0.4, 0.5) is 0 Å². The molecule has 1 aromatic carbocycles. The van der Waals surface area contributed by atoms with Crippen molar-refractivity contribution in [2.24, 2.45) is 10.9 Å². The molecule has 1 aromatic rings. The molecule has 6 heteroatoms. The van der Waals surface area contributed by atoms with Crippen LogP contribution in [0.3, 0.4) is 0 Å². The van der Waals surface area contributed by atoms with Gasteiger partial charge in [-0.1, -0.05) is 42.5 Å². The number of nitrogens with one attached hydrogen (secondary N) is 1. The molecule has 2 heterocycles. The van der Waals surface area contributed by atoms with Crippen molar-refractivity contribution in [1.82, 2.24) is 15.1 Å². The summed E-state index contributed by atoms with van der Waals surface area (Å²) < 4.78 is 11.3. The second-order valence-electron chi connectivity index (χ2n) is 8.06. The average Bonchev–Trinajstić information content (AvgIpc) is 2.81. The first kappa shape index (κ1) is 22.8. The van der Waals surface area contributed by atoms with E-state index >= 15 is 0 Å². The van der Waals surface area contributed by atoms with Crippen LogP contribution in [0.5, 0.6) is 0 Å². The fourth-order valence-electron chi connectivity index (χ4n) is 3.91. The number of hydrogen-bond donors (Lipinski definition) is 1. The molecular weight excluding hydrogens is 376 g/mol. The van der Waals surface area contributed by atoms with Gasteiger partial charge in [0.25, 0.3) is 0 Å². The van der Waals surface area contributed by atoms with E-state index in [2.05, 4.69) is 62.6 Å². The van der Waals surface area contributed by atoms with Crippen LogP contribution in [0.15, 0.2) is 41.4 Å². The first-order valence-electron chi connectivity index (χ1n) is 11.4. The summed E-state index contributed by atoms with van der Waals surface area (Å²) >= 11 is 0. The van der Waals surface area contributed by atoms with Crippen LogP contribution in [0.2, 0.25) is 0 Å². The zero-order valence-electron chi connectivity index (χ0n) is 18.5. The van der Waals surface area contributed by atoms with Crippen molar-refractivity contribution in [3.8, 4) is 0 Å². The lowest BCUT2D eigenvalue weighted by Gasteiger charge is -2.36. The van der Waals surface area contributed by atoms with Gasteiger partial charge in [-0.05, 0) is 30.7 Å². The molecule has 0 aliphatic carbocycles. The zero-order chi connectivity index (χ0) is 20.9. The predicted octanol–water partition coefficient (Wildman–Crippen LogP) is 2.73. The highest BCUT2D eigenvalue weighted by Gasteiger charge is 2.18. The van der Waals surface area contributed by atoms with E-state index in [1.165, 1.54) is 5.56 Å². The lowest BCUT2D eigenvalue weighted by atomic mass is 10.0. The average molecular weight is 415 g/mol. The first-order chi connectivity index (χ1) is 14.8. The van der Waals surface area contributed by atoms with E-state index in [-0.39, 0.29) is 0 Å². The lowest BCUT2D eigenvalue weighted by molar-refractivity contribution is 0.0203. The summed E-state index contributed by atoms with van der Waals surface area (Å²) in [5, 5.41) is 3.50. The zero-order valence-corrected chi connectivity index (χ0v) is 18.5. The second kappa shape index (κ2) is 13.4. The number of ether oxygens (including phenoxy) is 2. The number of benzene rings is 1. The standard InChI is InChI=1S/C24H38N4O2/c1-25-24(26-12-6-18-30-21-23-10-19-29-20-11-23)28-16-14-27(15-17-28)13-5-9-22-7-3-2-4-8-22/h2-5,7-9,23H,6,10-21H2,1H3,(H,25,26)/b9-5+. The third kappa shape index (κ3) is 8.09. The van der Waals surface area contributed by atoms with Gasteiger partial charge in [0.1, 0.15) is 0 Å². The fourth-order valence-corrected chi connectivity index (χ4v) is 3.91. The van der Waals surface area contributed by atoms with Crippen LogP contribution in [0.25, 0.3) is 6.08 Å². The van der Waals surface area contributed by atoms with E-state index in [0.717, 1.165) is 90.9 Å². The molecule has 0 saturated carbocycles. The monoisotopic (exact) mass is 414 g/mol. The molecule has 0 atom stereocenters. The Morgan fingerprint density at radius 3 is 2.67 bits per heavy atom. The van der Waals surface area contributed by atoms with Crippen molar-refractivity contribution in [3.63, 3.8) is 0 Å². The maximum atomic E-state index is 5.86. The molecule has 2 aliphatic rings. The van der Waals surface area contributed by atoms with Crippen LogP contribution in [-0.4, -0.2) is 88.5 Å². The van der Waals surface area contributed by atoms with E-state index in [9.17, 15) is 0 Å². The van der Waals surface area contributed by atoms with Gasteiger partial charge in [0.2, 0.25) is 0 Å². The second-order valence-corrected chi connectivity index (χ2v) is 8.06. The van der Waals surface area contributed by atoms with Crippen molar-refractivity contribution in [2.75, 3.05) is 72.7 Å². The third-order valence-electron chi connectivity index (χ3n) is 5.80. The van der Waals surface area contributed by atoms with Gasteiger partial charge in [0.15, 0.2) is 5.96 Å². The summed E-state index contributed by atoms with van der Waals surface area (Å²) in [5.74, 6) is 1.69. The molecule has 0 amide bonds. The molecule has 2 aliphatic heterocycles. The Hall–Kier alpha value is -1.89. The molecule has 0 unspecified atom stereocenters. The number of hydrogen-bond acceptors (Lipinski definition) is 4. The van der Waals surface area contributed by atoms with Crippen molar-refractivity contribution >= 4 is 12.0 Å². The summed E-state index contributed by atoms with van der Waals surface area (Å²) in [6.45, 7) is 9.52. The normalized spacial score (nSPS) is 19.5. The lowest BCUT2D eigenvalue weighted by Crippen LogP contribution is -2.52. The summed E-state index contributed by atoms with van der Waals surface area (Å²) in [4.78, 5) is 9.33. The Balaban J connectivity index is 1.26. The van der Waals surface area contributed by atoms with Crippen molar-refractivity contribution < 1.29 is 9.47 Å². The summed E-state index contributed by atoms with van der Waals surface area (Å²) in [5.41, 5.74) is 1.26. The number of piperazine rings is 1. The molecule has 2 saturated heterocycles. The van der Waals surface area contributed by atoms with Crippen molar-refractivity contribution in [2.45, 2.75) is 19.3 Å². The van der Waals surface area contributed by atoms with Crippen LogP contribution in [0, 0.1) is 5.92 Å². The number of rotatable bonds is 9. The molecule has 2 fully saturated rings. The molecule has 1 N–H and O–H groups in total. The first-order valence-corrected chi connectivity index (χ1v) is 11.4. The number of nitrogens with zero attached hydrogens (tertiary/aromatic N) is 3. The van der Waals surface area contributed by atoms with Crippen LogP contribution >= 0.6 is 0 Å². The van der Waals surface area contributed by atoms with Gasteiger partial charge in [0.05, 0.1) is 0 Å². The van der Waals surface area contributed by atoms with E-state index in [1.807, 2.05) is 7.05 Å². The molecule has 30 heavy (non-hydrogen) atoms. The minimum absolute atomic E-state index is 0.679. The highest BCUT2D eigenvalue weighted by Crippen LogP contribution is 2.14. The molecule has 6 nitrogen and oxygen atoms in total. The molecule has 166 valence electrons. The highest BCUT2D eigenvalue weighted by molar-refractivity contribution is 5.79. The van der Waals surface area contributed by atoms with Gasteiger partial charge in [0, 0.05) is 72.7 Å². The third-order valence-corrected chi connectivity index (χ3v) is 5.80. The fraction of sp³-hybridized carbons (Fsp3) is 0.625. The van der Waals surface area contributed by atoms with Crippen LogP contribution in [0.1, 0.15) is 24.8 Å². The molecule has 0 radical (unpaired) electrons. The van der Waals surface area contributed by atoms with Gasteiger partial charge >= 0.3 is 0 Å². The number of guanidine groups is 1. The Morgan fingerprint density at radius 1 is 1.17 bits per heavy atom. The summed E-state index contributed by atoms with van der Waals surface area (Å²) in [7, 11) is 1.87. The quantitative estimate of drug-likeness (QED) is 0.383. The van der Waals surface area contributed by atoms with Gasteiger partial charge in [-0.15, -0.1) is 0 Å². The molecular formula is C24H38N4O2. The highest BCUT2D eigenvalue weighted by atomic mass is 16.5. The van der Waals surface area contributed by atoms with Gasteiger partial charge < -0.3 is 19.7 Å². The van der Waals surface area contributed by atoms with Crippen molar-refractivity contribution in [1.29, 1.82) is 0 Å². The Labute approximate surface area is 181 Å². The summed E-state index contributed by atoms with van der Waals surface area (Å²) in [6.07, 6.45) is 7.75. The van der Waals surface area contributed by atoms with E-state index in [1.54, 1.807) is 0 Å². The Morgan fingerprint density at radius 2 is 1.93 bits per heavy atom. The van der Waals surface area contributed by atoms with Gasteiger partial charge in [-0.25, -0.2) is 0 Å².